The molecule has 1 fully saturated rings. The van der Waals surface area contributed by atoms with Crippen LogP contribution in [0.15, 0.2) is 49.3 Å². The van der Waals surface area contributed by atoms with Gasteiger partial charge in [0.25, 0.3) is 0 Å². The molecule has 6 nitrogen and oxygen atoms in total. The van der Waals surface area contributed by atoms with Crippen molar-refractivity contribution in [1.29, 1.82) is 0 Å². The van der Waals surface area contributed by atoms with Crippen LogP contribution in [-0.4, -0.2) is 35.8 Å². The summed E-state index contributed by atoms with van der Waals surface area (Å²) in [6, 6.07) is 6.63. The van der Waals surface area contributed by atoms with Crippen LogP contribution in [0, 0.1) is 0 Å². The van der Waals surface area contributed by atoms with Crippen molar-refractivity contribution in [3.8, 4) is 5.82 Å². The van der Waals surface area contributed by atoms with Crippen LogP contribution in [0.2, 0.25) is 0 Å². The fraction of sp³-hybridized carbons (Fsp3) is 0.421. The van der Waals surface area contributed by atoms with Crippen molar-refractivity contribution < 1.29 is 0 Å². The average molecular weight is 336 g/mol. The highest BCUT2D eigenvalue weighted by Crippen LogP contribution is 2.32. The SMILES string of the molecule is CCCn1cc(CN2CCC[C@H]2c2cccc(-n3ccnc3)n2)cn1. The molecule has 1 saturated heterocycles. The number of aromatic nitrogens is 5. The molecular weight excluding hydrogens is 312 g/mol. The summed E-state index contributed by atoms with van der Waals surface area (Å²) >= 11 is 0. The summed E-state index contributed by atoms with van der Waals surface area (Å²) in [7, 11) is 0. The second-order valence-corrected chi connectivity index (χ2v) is 6.63. The zero-order valence-corrected chi connectivity index (χ0v) is 14.6. The number of likely N-dealkylation sites (tertiary alicyclic amines) is 1. The molecule has 1 aliphatic rings. The first-order chi connectivity index (χ1) is 12.3. The van der Waals surface area contributed by atoms with Crippen molar-refractivity contribution in [3.63, 3.8) is 0 Å². The molecule has 0 radical (unpaired) electrons. The van der Waals surface area contributed by atoms with Crippen LogP contribution in [0.1, 0.15) is 43.5 Å². The standard InChI is InChI=1S/C19H24N6/c1-2-9-25-14-16(12-21-25)13-23-10-4-6-18(23)17-5-3-7-19(22-17)24-11-8-20-15-24/h3,5,7-8,11-12,14-15,18H,2,4,6,9-10,13H2,1H3/t18-/m0/s1. The summed E-state index contributed by atoms with van der Waals surface area (Å²) in [5, 5.41) is 4.46. The predicted octanol–water partition coefficient (Wildman–Crippen LogP) is 3.21. The van der Waals surface area contributed by atoms with E-state index in [-0.39, 0.29) is 0 Å². The van der Waals surface area contributed by atoms with Gasteiger partial charge in [0.2, 0.25) is 0 Å². The number of pyridine rings is 1. The molecule has 25 heavy (non-hydrogen) atoms. The maximum atomic E-state index is 4.88. The summed E-state index contributed by atoms with van der Waals surface area (Å²) in [6.45, 7) is 5.21. The summed E-state index contributed by atoms with van der Waals surface area (Å²) in [4.78, 5) is 11.5. The Morgan fingerprint density at radius 2 is 2.24 bits per heavy atom. The van der Waals surface area contributed by atoms with Gasteiger partial charge < -0.3 is 0 Å². The Bertz CT molecular complexity index is 807. The van der Waals surface area contributed by atoms with Crippen LogP contribution in [0.5, 0.6) is 0 Å². The Balaban J connectivity index is 1.52. The van der Waals surface area contributed by atoms with Crippen molar-refractivity contribution in [2.24, 2.45) is 0 Å². The van der Waals surface area contributed by atoms with E-state index >= 15 is 0 Å². The second-order valence-electron chi connectivity index (χ2n) is 6.63. The lowest BCUT2D eigenvalue weighted by molar-refractivity contribution is 0.244. The van der Waals surface area contributed by atoms with Crippen LogP contribution in [-0.2, 0) is 13.1 Å². The van der Waals surface area contributed by atoms with Crippen molar-refractivity contribution in [2.45, 2.75) is 45.3 Å². The lowest BCUT2D eigenvalue weighted by Gasteiger charge is -2.23. The van der Waals surface area contributed by atoms with Crippen molar-refractivity contribution in [1.82, 2.24) is 29.2 Å². The third kappa shape index (κ3) is 3.49. The van der Waals surface area contributed by atoms with E-state index in [2.05, 4.69) is 40.2 Å². The smallest absolute Gasteiger partial charge is 0.138 e. The largest absolute Gasteiger partial charge is 0.291 e. The van der Waals surface area contributed by atoms with Crippen LogP contribution < -0.4 is 0 Å². The molecule has 3 aromatic heterocycles. The Morgan fingerprint density at radius 1 is 1.28 bits per heavy atom. The Kier molecular flexibility index (Phi) is 4.61. The van der Waals surface area contributed by atoms with Crippen molar-refractivity contribution >= 4 is 0 Å². The molecule has 6 heteroatoms. The minimum absolute atomic E-state index is 0.373. The van der Waals surface area contributed by atoms with Gasteiger partial charge in [-0.15, -0.1) is 0 Å². The number of imidazole rings is 1. The first kappa shape index (κ1) is 16.0. The maximum absolute atomic E-state index is 4.88. The highest BCUT2D eigenvalue weighted by Gasteiger charge is 2.27. The Hall–Kier alpha value is -2.47. The molecular formula is C19H24N6. The van der Waals surface area contributed by atoms with Crippen molar-refractivity contribution in [3.05, 3.63) is 60.6 Å². The minimum Gasteiger partial charge on any atom is -0.291 e. The van der Waals surface area contributed by atoms with Gasteiger partial charge in [0.05, 0.1) is 17.9 Å². The molecule has 1 aliphatic heterocycles. The Labute approximate surface area is 148 Å². The fourth-order valence-corrected chi connectivity index (χ4v) is 3.59. The van der Waals surface area contributed by atoms with Crippen LogP contribution in [0.3, 0.4) is 0 Å². The summed E-state index contributed by atoms with van der Waals surface area (Å²) < 4.78 is 4.00. The molecule has 0 spiro atoms. The van der Waals surface area contributed by atoms with Gasteiger partial charge in [-0.25, -0.2) is 9.97 Å². The second kappa shape index (κ2) is 7.19. The summed E-state index contributed by atoms with van der Waals surface area (Å²) in [5.74, 6) is 0.928. The molecule has 0 saturated carbocycles. The first-order valence-corrected chi connectivity index (χ1v) is 9.04. The van der Waals surface area contributed by atoms with E-state index in [1.807, 2.05) is 27.7 Å². The predicted molar refractivity (Wildman–Crippen MR) is 96.3 cm³/mol. The molecule has 0 amide bonds. The van der Waals surface area contributed by atoms with E-state index in [1.54, 1.807) is 12.5 Å². The highest BCUT2D eigenvalue weighted by atomic mass is 15.3. The van der Waals surface area contributed by atoms with Gasteiger partial charge in [0.1, 0.15) is 12.1 Å². The lowest BCUT2D eigenvalue weighted by atomic mass is 10.1. The van der Waals surface area contributed by atoms with E-state index in [1.165, 1.54) is 12.0 Å². The third-order valence-electron chi connectivity index (χ3n) is 4.76. The number of nitrogens with zero attached hydrogens (tertiary/aromatic N) is 6. The molecule has 4 rings (SSSR count). The van der Waals surface area contributed by atoms with E-state index in [4.69, 9.17) is 4.98 Å². The number of rotatable bonds is 6. The van der Waals surface area contributed by atoms with E-state index in [0.29, 0.717) is 6.04 Å². The van der Waals surface area contributed by atoms with Gasteiger partial charge in [-0.3, -0.25) is 14.1 Å². The molecule has 4 heterocycles. The minimum atomic E-state index is 0.373. The van der Waals surface area contributed by atoms with Gasteiger partial charge >= 0.3 is 0 Å². The van der Waals surface area contributed by atoms with Crippen LogP contribution in [0.25, 0.3) is 5.82 Å². The van der Waals surface area contributed by atoms with E-state index in [9.17, 15) is 0 Å². The first-order valence-electron chi connectivity index (χ1n) is 9.04. The van der Waals surface area contributed by atoms with Gasteiger partial charge in [-0.05, 0) is 37.9 Å². The van der Waals surface area contributed by atoms with Crippen LogP contribution >= 0.6 is 0 Å². The number of hydrogen-bond donors (Lipinski definition) is 0. The third-order valence-corrected chi connectivity index (χ3v) is 4.76. The van der Waals surface area contributed by atoms with E-state index in [0.717, 1.165) is 44.0 Å². The van der Waals surface area contributed by atoms with Crippen molar-refractivity contribution in [2.75, 3.05) is 6.54 Å². The zero-order valence-electron chi connectivity index (χ0n) is 14.6. The molecule has 0 bridgehead atoms. The van der Waals surface area contributed by atoms with Gasteiger partial charge in [0, 0.05) is 37.2 Å². The Morgan fingerprint density at radius 3 is 3.08 bits per heavy atom. The van der Waals surface area contributed by atoms with Gasteiger partial charge in [-0.1, -0.05) is 13.0 Å². The maximum Gasteiger partial charge on any atom is 0.138 e. The molecule has 130 valence electrons. The zero-order chi connectivity index (χ0) is 17.1. The number of hydrogen-bond acceptors (Lipinski definition) is 4. The van der Waals surface area contributed by atoms with Gasteiger partial charge in [-0.2, -0.15) is 5.10 Å². The topological polar surface area (TPSA) is 51.8 Å². The highest BCUT2D eigenvalue weighted by molar-refractivity contribution is 5.26. The molecule has 0 unspecified atom stereocenters. The quantitative estimate of drug-likeness (QED) is 0.693. The van der Waals surface area contributed by atoms with Crippen LogP contribution in [0.4, 0.5) is 0 Å². The molecule has 1 atom stereocenters. The molecule has 0 aliphatic carbocycles. The number of aryl methyl sites for hydroxylation is 1. The fourth-order valence-electron chi connectivity index (χ4n) is 3.59. The monoisotopic (exact) mass is 336 g/mol. The summed E-state index contributed by atoms with van der Waals surface area (Å²) in [6.07, 6.45) is 13.2. The van der Waals surface area contributed by atoms with E-state index < -0.39 is 0 Å². The molecule has 0 N–H and O–H groups in total. The average Bonchev–Trinajstić information content (AvgIpc) is 3.38. The molecule has 0 aromatic carbocycles. The normalized spacial score (nSPS) is 18.0. The lowest BCUT2D eigenvalue weighted by Crippen LogP contribution is -2.23. The molecule has 3 aromatic rings. The summed E-state index contributed by atoms with van der Waals surface area (Å²) in [5.41, 5.74) is 2.43. The van der Waals surface area contributed by atoms with Gasteiger partial charge in [0.15, 0.2) is 0 Å².